The Bertz CT molecular complexity index is 397. The van der Waals surface area contributed by atoms with E-state index >= 15 is 0 Å². The second-order valence-corrected chi connectivity index (χ2v) is 3.87. The molecular formula is C11H17N3O. The Morgan fingerprint density at radius 3 is 2.93 bits per heavy atom. The average molecular weight is 207 g/mol. The van der Waals surface area contributed by atoms with Crippen molar-refractivity contribution in [1.82, 2.24) is 9.97 Å². The van der Waals surface area contributed by atoms with Gasteiger partial charge in [-0.25, -0.2) is 4.98 Å². The van der Waals surface area contributed by atoms with Gasteiger partial charge in [0.2, 0.25) is 0 Å². The fourth-order valence-electron chi connectivity index (χ4n) is 1.33. The van der Waals surface area contributed by atoms with Gasteiger partial charge in [0.05, 0.1) is 12.0 Å². The zero-order chi connectivity index (χ0) is 11.4. The molecule has 82 valence electrons. The van der Waals surface area contributed by atoms with Gasteiger partial charge in [-0.1, -0.05) is 19.9 Å². The van der Waals surface area contributed by atoms with E-state index in [0.29, 0.717) is 24.0 Å². The van der Waals surface area contributed by atoms with Crippen molar-refractivity contribution in [2.45, 2.75) is 20.3 Å². The fraction of sp³-hybridized carbons (Fsp3) is 0.455. The van der Waals surface area contributed by atoms with E-state index in [2.05, 4.69) is 30.4 Å². The highest BCUT2D eigenvalue weighted by molar-refractivity contribution is 5.39. The molecule has 2 unspecified atom stereocenters. The first-order chi connectivity index (χ1) is 7.06. The lowest BCUT2D eigenvalue weighted by Gasteiger charge is -2.15. The Hall–Kier alpha value is -1.58. The molecule has 1 aromatic rings. The van der Waals surface area contributed by atoms with Gasteiger partial charge >= 0.3 is 0 Å². The van der Waals surface area contributed by atoms with Crippen LogP contribution in [0.3, 0.4) is 0 Å². The van der Waals surface area contributed by atoms with Gasteiger partial charge in [-0.15, -0.1) is 6.58 Å². The van der Waals surface area contributed by atoms with Crippen molar-refractivity contribution in [3.05, 3.63) is 35.0 Å². The molecule has 0 fully saturated rings. The highest BCUT2D eigenvalue weighted by atomic mass is 16.1. The molecule has 0 amide bonds. The van der Waals surface area contributed by atoms with E-state index in [9.17, 15) is 4.79 Å². The second-order valence-electron chi connectivity index (χ2n) is 3.87. The Labute approximate surface area is 89.2 Å². The third-order valence-electron chi connectivity index (χ3n) is 2.76. The number of rotatable bonds is 4. The first kappa shape index (κ1) is 11.5. The summed E-state index contributed by atoms with van der Waals surface area (Å²) in [6, 6.07) is 0. The van der Waals surface area contributed by atoms with Crippen LogP contribution in [0, 0.1) is 11.8 Å². The topological polar surface area (TPSA) is 71.8 Å². The van der Waals surface area contributed by atoms with Crippen molar-refractivity contribution in [3.63, 3.8) is 0 Å². The summed E-state index contributed by atoms with van der Waals surface area (Å²) in [5, 5.41) is 0. The maximum atomic E-state index is 11.2. The summed E-state index contributed by atoms with van der Waals surface area (Å²) in [4.78, 5) is 17.7. The molecule has 0 spiro atoms. The van der Waals surface area contributed by atoms with Crippen molar-refractivity contribution in [1.29, 1.82) is 0 Å². The lowest BCUT2D eigenvalue weighted by atomic mass is 9.91. The summed E-state index contributed by atoms with van der Waals surface area (Å²) in [6.07, 6.45) is 3.98. The van der Waals surface area contributed by atoms with Crippen LogP contribution in [-0.2, 0) is 6.42 Å². The number of nitrogens with one attached hydrogen (secondary N) is 1. The van der Waals surface area contributed by atoms with Crippen LogP contribution in [-0.4, -0.2) is 9.97 Å². The number of allylic oxidation sites excluding steroid dienone is 1. The highest BCUT2D eigenvalue weighted by Gasteiger charge is 2.13. The molecule has 0 radical (unpaired) electrons. The molecule has 1 rings (SSSR count). The average Bonchev–Trinajstić information content (AvgIpc) is 2.23. The lowest BCUT2D eigenvalue weighted by Crippen LogP contribution is -2.18. The monoisotopic (exact) mass is 207 g/mol. The minimum atomic E-state index is -0.265. The van der Waals surface area contributed by atoms with Crippen molar-refractivity contribution >= 4 is 5.69 Å². The van der Waals surface area contributed by atoms with Crippen molar-refractivity contribution < 1.29 is 0 Å². The molecule has 0 bridgehead atoms. The Morgan fingerprint density at radius 2 is 2.33 bits per heavy atom. The molecule has 0 aromatic carbocycles. The SMILES string of the molecule is C=CC(C)C(C)Cc1nc[nH]c(=O)c1N. The molecule has 4 heteroatoms. The molecule has 0 saturated carbocycles. The molecule has 3 N–H and O–H groups in total. The molecular weight excluding hydrogens is 190 g/mol. The Kier molecular flexibility index (Phi) is 3.66. The minimum absolute atomic E-state index is 0.223. The van der Waals surface area contributed by atoms with Crippen LogP contribution in [0.4, 0.5) is 5.69 Å². The summed E-state index contributed by atoms with van der Waals surface area (Å²) < 4.78 is 0. The number of hydrogen-bond acceptors (Lipinski definition) is 3. The van der Waals surface area contributed by atoms with Crippen LogP contribution in [0.2, 0.25) is 0 Å². The van der Waals surface area contributed by atoms with Crippen LogP contribution < -0.4 is 11.3 Å². The number of nitrogen functional groups attached to an aromatic ring is 1. The molecule has 0 saturated heterocycles. The Balaban J connectivity index is 2.85. The zero-order valence-corrected chi connectivity index (χ0v) is 9.16. The first-order valence-electron chi connectivity index (χ1n) is 5.00. The smallest absolute Gasteiger partial charge is 0.274 e. The van der Waals surface area contributed by atoms with Gasteiger partial charge < -0.3 is 10.7 Å². The van der Waals surface area contributed by atoms with Crippen LogP contribution >= 0.6 is 0 Å². The van der Waals surface area contributed by atoms with E-state index in [0.717, 1.165) is 0 Å². The van der Waals surface area contributed by atoms with Gasteiger partial charge in [-0.05, 0) is 18.3 Å². The molecule has 1 heterocycles. The van der Waals surface area contributed by atoms with Gasteiger partial charge in [0.25, 0.3) is 5.56 Å². The highest BCUT2D eigenvalue weighted by Crippen LogP contribution is 2.17. The zero-order valence-electron chi connectivity index (χ0n) is 9.16. The molecule has 0 aliphatic heterocycles. The van der Waals surface area contributed by atoms with E-state index in [-0.39, 0.29) is 11.2 Å². The predicted octanol–water partition coefficient (Wildman–Crippen LogP) is 1.35. The summed E-state index contributed by atoms with van der Waals surface area (Å²) in [7, 11) is 0. The molecule has 0 aliphatic carbocycles. The maximum Gasteiger partial charge on any atom is 0.274 e. The van der Waals surface area contributed by atoms with Crippen molar-refractivity contribution in [2.24, 2.45) is 11.8 Å². The predicted molar refractivity (Wildman–Crippen MR) is 61.5 cm³/mol. The summed E-state index contributed by atoms with van der Waals surface area (Å²) in [5.74, 6) is 0.754. The van der Waals surface area contributed by atoms with Crippen LogP contribution in [0.15, 0.2) is 23.8 Å². The quantitative estimate of drug-likeness (QED) is 0.732. The fourth-order valence-corrected chi connectivity index (χ4v) is 1.33. The third kappa shape index (κ3) is 2.68. The number of aromatic amines is 1. The normalized spacial score (nSPS) is 14.5. The van der Waals surface area contributed by atoms with E-state index in [4.69, 9.17) is 5.73 Å². The number of hydrogen-bond donors (Lipinski definition) is 2. The number of anilines is 1. The van der Waals surface area contributed by atoms with Gasteiger partial charge in [-0.2, -0.15) is 0 Å². The Morgan fingerprint density at radius 1 is 1.67 bits per heavy atom. The number of nitrogens with two attached hydrogens (primary N) is 1. The molecule has 1 aromatic heterocycles. The minimum Gasteiger partial charge on any atom is -0.393 e. The van der Waals surface area contributed by atoms with Crippen LogP contribution in [0.1, 0.15) is 19.5 Å². The van der Waals surface area contributed by atoms with Crippen molar-refractivity contribution in [3.8, 4) is 0 Å². The molecule has 2 atom stereocenters. The van der Waals surface area contributed by atoms with E-state index < -0.39 is 0 Å². The van der Waals surface area contributed by atoms with Crippen molar-refractivity contribution in [2.75, 3.05) is 5.73 Å². The van der Waals surface area contributed by atoms with Crippen LogP contribution in [0.25, 0.3) is 0 Å². The van der Waals surface area contributed by atoms with E-state index in [1.165, 1.54) is 6.33 Å². The lowest BCUT2D eigenvalue weighted by molar-refractivity contribution is 0.454. The van der Waals surface area contributed by atoms with E-state index in [1.54, 1.807) is 0 Å². The summed E-state index contributed by atoms with van der Waals surface area (Å²) in [6.45, 7) is 7.92. The number of aromatic nitrogens is 2. The largest absolute Gasteiger partial charge is 0.393 e. The second kappa shape index (κ2) is 4.77. The number of H-pyrrole nitrogens is 1. The molecule has 15 heavy (non-hydrogen) atoms. The van der Waals surface area contributed by atoms with Crippen LogP contribution in [0.5, 0.6) is 0 Å². The standard InChI is InChI=1S/C11H17N3O/c1-4-7(2)8(3)5-9-10(12)11(15)14-6-13-9/h4,6-8H,1,5,12H2,2-3H3,(H,13,14,15). The van der Waals surface area contributed by atoms with Gasteiger partial charge in [0, 0.05) is 0 Å². The number of nitrogens with zero attached hydrogens (tertiary/aromatic N) is 1. The van der Waals surface area contributed by atoms with Gasteiger partial charge in [0.1, 0.15) is 5.69 Å². The molecule has 0 aliphatic rings. The summed E-state index contributed by atoms with van der Waals surface area (Å²) in [5.41, 5.74) is 6.26. The van der Waals surface area contributed by atoms with E-state index in [1.807, 2.05) is 6.08 Å². The maximum absolute atomic E-state index is 11.2. The first-order valence-corrected chi connectivity index (χ1v) is 5.00. The van der Waals surface area contributed by atoms with Gasteiger partial charge in [0.15, 0.2) is 0 Å². The van der Waals surface area contributed by atoms with Gasteiger partial charge in [-0.3, -0.25) is 4.79 Å². The molecule has 4 nitrogen and oxygen atoms in total. The third-order valence-corrected chi connectivity index (χ3v) is 2.76. The summed E-state index contributed by atoms with van der Waals surface area (Å²) >= 11 is 0.